The summed E-state index contributed by atoms with van der Waals surface area (Å²) in [6.45, 7) is 7.35. The first kappa shape index (κ1) is 16.4. The molecular formula is C16H25N3O4. The molecule has 2 aliphatic rings. The van der Waals surface area contributed by atoms with Gasteiger partial charge >= 0.3 is 0 Å². The first-order valence-corrected chi connectivity index (χ1v) is 8.18. The van der Waals surface area contributed by atoms with Crippen molar-refractivity contribution < 1.29 is 18.8 Å². The van der Waals surface area contributed by atoms with Gasteiger partial charge in [-0.2, -0.15) is 0 Å². The fraction of sp³-hybridized carbons (Fsp3) is 0.750. The van der Waals surface area contributed by atoms with E-state index in [-0.39, 0.29) is 11.4 Å². The number of rotatable bonds is 4. The lowest BCUT2D eigenvalue weighted by atomic mass is 9.85. The van der Waals surface area contributed by atoms with Crippen molar-refractivity contribution in [3.63, 3.8) is 0 Å². The summed E-state index contributed by atoms with van der Waals surface area (Å²) in [5.74, 6) is 0.0127. The molecule has 0 bridgehead atoms. The molecular weight excluding hydrogens is 298 g/mol. The lowest BCUT2D eigenvalue weighted by Gasteiger charge is -2.51. The van der Waals surface area contributed by atoms with Crippen LogP contribution in [-0.4, -0.2) is 79.5 Å². The number of ether oxygens (including phenoxy) is 2. The molecule has 1 amide bonds. The first-order chi connectivity index (χ1) is 11.2. The van der Waals surface area contributed by atoms with E-state index in [2.05, 4.69) is 10.1 Å². The Hall–Kier alpha value is -1.44. The summed E-state index contributed by atoms with van der Waals surface area (Å²) in [5.41, 5.74) is 1.26. The fourth-order valence-corrected chi connectivity index (χ4v) is 3.57. The van der Waals surface area contributed by atoms with Gasteiger partial charge in [0.2, 0.25) is 0 Å². The van der Waals surface area contributed by atoms with Gasteiger partial charge in [0.05, 0.1) is 25.5 Å². The lowest BCUT2D eigenvalue weighted by molar-refractivity contribution is -0.0968. The molecule has 23 heavy (non-hydrogen) atoms. The van der Waals surface area contributed by atoms with Crippen LogP contribution in [0.5, 0.6) is 0 Å². The molecule has 1 spiro atoms. The Morgan fingerprint density at radius 3 is 2.83 bits per heavy atom. The lowest BCUT2D eigenvalue weighted by Crippen LogP contribution is -2.62. The van der Waals surface area contributed by atoms with Crippen LogP contribution in [0, 0.1) is 6.92 Å². The number of carbonyl (C=O) groups is 1. The van der Waals surface area contributed by atoms with Gasteiger partial charge in [0.15, 0.2) is 0 Å². The molecule has 2 aliphatic heterocycles. The summed E-state index contributed by atoms with van der Waals surface area (Å²) in [4.78, 5) is 16.9. The van der Waals surface area contributed by atoms with Crippen LogP contribution in [-0.2, 0) is 9.47 Å². The maximum atomic E-state index is 12.6. The molecule has 0 aromatic carbocycles. The number of aromatic nitrogens is 1. The van der Waals surface area contributed by atoms with Crippen LogP contribution >= 0.6 is 0 Å². The molecule has 0 radical (unpaired) electrons. The number of hydrogen-bond donors (Lipinski definition) is 0. The zero-order chi connectivity index (χ0) is 16.3. The Bertz CT molecular complexity index is 537. The van der Waals surface area contributed by atoms with Gasteiger partial charge in [0.1, 0.15) is 11.8 Å². The first-order valence-electron chi connectivity index (χ1n) is 8.18. The van der Waals surface area contributed by atoms with E-state index in [4.69, 9.17) is 14.0 Å². The van der Waals surface area contributed by atoms with Gasteiger partial charge in [-0.15, -0.1) is 0 Å². The Morgan fingerprint density at radius 1 is 1.39 bits per heavy atom. The highest BCUT2D eigenvalue weighted by molar-refractivity contribution is 5.94. The molecule has 128 valence electrons. The third-order valence-electron chi connectivity index (χ3n) is 5.07. The number of aryl methyl sites for hydroxylation is 1. The predicted molar refractivity (Wildman–Crippen MR) is 83.4 cm³/mol. The number of amides is 1. The minimum absolute atomic E-state index is 0.0127. The van der Waals surface area contributed by atoms with Crippen LogP contribution < -0.4 is 0 Å². The number of piperidine rings is 1. The summed E-state index contributed by atoms with van der Waals surface area (Å²) >= 11 is 0. The van der Waals surface area contributed by atoms with E-state index in [0.717, 1.165) is 58.8 Å². The quantitative estimate of drug-likeness (QED) is 0.821. The molecule has 7 nitrogen and oxygen atoms in total. The SMILES string of the molecule is COCCN1CCOCC12CCN(C(=O)c1conc1C)CC2. The van der Waals surface area contributed by atoms with Gasteiger partial charge in [0.25, 0.3) is 5.91 Å². The molecule has 0 aliphatic carbocycles. The molecule has 0 unspecified atom stereocenters. The standard InChI is InChI=1S/C16H25N3O4/c1-13-14(11-23-17-13)15(20)18-5-3-16(4-6-18)12-22-10-8-19(16)7-9-21-2/h11H,3-10,12H2,1-2H3. The number of carbonyl (C=O) groups excluding carboxylic acids is 1. The molecule has 0 saturated carbocycles. The molecule has 3 heterocycles. The molecule has 3 rings (SSSR count). The van der Waals surface area contributed by atoms with E-state index in [1.807, 2.05) is 4.90 Å². The number of morpholine rings is 1. The van der Waals surface area contributed by atoms with E-state index < -0.39 is 0 Å². The monoisotopic (exact) mass is 323 g/mol. The molecule has 2 fully saturated rings. The van der Waals surface area contributed by atoms with E-state index in [1.54, 1.807) is 14.0 Å². The Kier molecular flexibility index (Phi) is 4.99. The van der Waals surface area contributed by atoms with Crippen LogP contribution in [0.4, 0.5) is 0 Å². The van der Waals surface area contributed by atoms with Crippen molar-refractivity contribution in [2.45, 2.75) is 25.3 Å². The maximum absolute atomic E-state index is 12.6. The summed E-state index contributed by atoms with van der Waals surface area (Å²) in [5, 5.41) is 3.80. The predicted octanol–water partition coefficient (Wildman–Crippen LogP) is 0.936. The Labute approximate surface area is 136 Å². The van der Waals surface area contributed by atoms with Crippen molar-refractivity contribution in [2.75, 3.05) is 53.1 Å². The van der Waals surface area contributed by atoms with Crippen LogP contribution in [0.3, 0.4) is 0 Å². The zero-order valence-electron chi connectivity index (χ0n) is 13.9. The Morgan fingerprint density at radius 2 is 2.17 bits per heavy atom. The Balaban J connectivity index is 1.64. The van der Waals surface area contributed by atoms with E-state index in [0.29, 0.717) is 11.3 Å². The smallest absolute Gasteiger partial charge is 0.259 e. The number of nitrogens with zero attached hydrogens (tertiary/aromatic N) is 3. The number of methoxy groups -OCH3 is 1. The van der Waals surface area contributed by atoms with Crippen molar-refractivity contribution in [3.8, 4) is 0 Å². The van der Waals surface area contributed by atoms with Crippen molar-refractivity contribution in [1.82, 2.24) is 15.0 Å². The molecule has 0 atom stereocenters. The largest absolute Gasteiger partial charge is 0.383 e. The average Bonchev–Trinajstić information content (AvgIpc) is 3.00. The van der Waals surface area contributed by atoms with Crippen LogP contribution in [0.2, 0.25) is 0 Å². The topological polar surface area (TPSA) is 68.0 Å². The summed E-state index contributed by atoms with van der Waals surface area (Å²) in [6.07, 6.45) is 3.29. The van der Waals surface area contributed by atoms with Crippen molar-refractivity contribution in [3.05, 3.63) is 17.5 Å². The highest BCUT2D eigenvalue weighted by atomic mass is 16.5. The maximum Gasteiger partial charge on any atom is 0.259 e. The average molecular weight is 323 g/mol. The van der Waals surface area contributed by atoms with Crippen LogP contribution in [0.15, 0.2) is 10.8 Å². The summed E-state index contributed by atoms with van der Waals surface area (Å²) < 4.78 is 15.9. The summed E-state index contributed by atoms with van der Waals surface area (Å²) in [7, 11) is 1.73. The van der Waals surface area contributed by atoms with Gasteiger partial charge in [-0.1, -0.05) is 5.16 Å². The second-order valence-electron chi connectivity index (χ2n) is 6.36. The minimum Gasteiger partial charge on any atom is -0.383 e. The molecule has 1 aromatic rings. The van der Waals surface area contributed by atoms with Gasteiger partial charge in [-0.25, -0.2) is 0 Å². The van der Waals surface area contributed by atoms with Gasteiger partial charge in [-0.05, 0) is 19.8 Å². The highest BCUT2D eigenvalue weighted by Crippen LogP contribution is 2.32. The molecule has 1 aromatic heterocycles. The van der Waals surface area contributed by atoms with E-state index in [1.165, 1.54) is 6.26 Å². The molecule has 2 saturated heterocycles. The van der Waals surface area contributed by atoms with Crippen LogP contribution in [0.25, 0.3) is 0 Å². The van der Waals surface area contributed by atoms with Crippen LogP contribution in [0.1, 0.15) is 28.9 Å². The second-order valence-corrected chi connectivity index (χ2v) is 6.36. The van der Waals surface area contributed by atoms with Crippen molar-refractivity contribution >= 4 is 5.91 Å². The third kappa shape index (κ3) is 3.27. The zero-order valence-corrected chi connectivity index (χ0v) is 13.9. The van der Waals surface area contributed by atoms with Crippen molar-refractivity contribution in [2.24, 2.45) is 0 Å². The fourth-order valence-electron chi connectivity index (χ4n) is 3.57. The molecule has 0 N–H and O–H groups in total. The second kappa shape index (κ2) is 6.98. The normalized spacial score (nSPS) is 21.7. The number of hydrogen-bond acceptors (Lipinski definition) is 6. The van der Waals surface area contributed by atoms with Gasteiger partial charge < -0.3 is 18.9 Å². The number of likely N-dealkylation sites (tertiary alicyclic amines) is 1. The summed E-state index contributed by atoms with van der Waals surface area (Å²) in [6, 6.07) is 0. The van der Waals surface area contributed by atoms with E-state index >= 15 is 0 Å². The third-order valence-corrected chi connectivity index (χ3v) is 5.07. The van der Waals surface area contributed by atoms with Crippen molar-refractivity contribution in [1.29, 1.82) is 0 Å². The van der Waals surface area contributed by atoms with Gasteiger partial charge in [-0.3, -0.25) is 9.69 Å². The highest BCUT2D eigenvalue weighted by Gasteiger charge is 2.43. The molecule has 7 heteroatoms. The van der Waals surface area contributed by atoms with Gasteiger partial charge in [0, 0.05) is 38.8 Å². The van der Waals surface area contributed by atoms with E-state index in [9.17, 15) is 4.79 Å². The minimum atomic E-state index is 0.0127.